The molecule has 35 heavy (non-hydrogen) atoms. The molecule has 0 aliphatic carbocycles. The van der Waals surface area contributed by atoms with Crippen molar-refractivity contribution in [1.29, 1.82) is 0 Å². The minimum atomic E-state index is -0.440. The number of hydrogen-bond donors (Lipinski definition) is 3. The standard InChI is InChI=1S/C27H34N4O3S/c1-6-19-8-12-21(13-9-19)28-26(33)29-22-14-10-20(11-15-22)24-23(25(32)34-16-17(3)4)18(5)31(7-2)27(35)30-24/h8-15,17,24H,6-7,16H2,1-5H3,(H,30,35)(H2,28,29,33)/t24-/m1/s1. The lowest BCUT2D eigenvalue weighted by Gasteiger charge is -2.37. The van der Waals surface area contributed by atoms with Gasteiger partial charge in [-0.1, -0.05) is 45.0 Å². The van der Waals surface area contributed by atoms with Gasteiger partial charge in [0, 0.05) is 23.6 Å². The van der Waals surface area contributed by atoms with Crippen LogP contribution < -0.4 is 16.0 Å². The van der Waals surface area contributed by atoms with Crippen LogP contribution in [0.15, 0.2) is 59.8 Å². The highest BCUT2D eigenvalue weighted by molar-refractivity contribution is 7.80. The number of rotatable bonds is 8. The minimum Gasteiger partial charge on any atom is -0.462 e. The Morgan fingerprint density at radius 1 is 1.03 bits per heavy atom. The molecule has 1 aliphatic rings. The number of esters is 1. The zero-order valence-corrected chi connectivity index (χ0v) is 21.8. The Kier molecular flexibility index (Phi) is 8.87. The van der Waals surface area contributed by atoms with Gasteiger partial charge in [0.15, 0.2) is 5.11 Å². The Balaban J connectivity index is 1.76. The van der Waals surface area contributed by atoms with E-state index in [0.717, 1.165) is 23.4 Å². The molecule has 0 spiro atoms. The molecule has 0 saturated heterocycles. The van der Waals surface area contributed by atoms with E-state index in [9.17, 15) is 9.59 Å². The average Bonchev–Trinajstić information content (AvgIpc) is 2.83. The van der Waals surface area contributed by atoms with Gasteiger partial charge in [-0.2, -0.15) is 0 Å². The first-order valence-electron chi connectivity index (χ1n) is 12.0. The number of nitrogens with zero attached hydrogens (tertiary/aromatic N) is 1. The Labute approximate surface area is 212 Å². The van der Waals surface area contributed by atoms with Crippen LogP contribution in [-0.4, -0.2) is 35.2 Å². The molecule has 2 amide bonds. The Morgan fingerprint density at radius 3 is 2.11 bits per heavy atom. The fraction of sp³-hybridized carbons (Fsp3) is 0.370. The Morgan fingerprint density at radius 2 is 1.60 bits per heavy atom. The summed E-state index contributed by atoms with van der Waals surface area (Å²) in [5, 5.41) is 9.52. The van der Waals surface area contributed by atoms with E-state index in [2.05, 4.69) is 22.9 Å². The topological polar surface area (TPSA) is 82.7 Å². The maximum Gasteiger partial charge on any atom is 0.338 e. The number of amides is 2. The molecule has 0 saturated carbocycles. The van der Waals surface area contributed by atoms with Crippen molar-refractivity contribution in [1.82, 2.24) is 10.2 Å². The monoisotopic (exact) mass is 494 g/mol. The van der Waals surface area contributed by atoms with E-state index in [1.807, 2.05) is 69.0 Å². The smallest absolute Gasteiger partial charge is 0.338 e. The quantitative estimate of drug-likeness (QED) is 0.327. The molecular formula is C27H34N4O3S. The van der Waals surface area contributed by atoms with Crippen LogP contribution in [0.2, 0.25) is 0 Å². The lowest BCUT2D eigenvalue weighted by atomic mass is 9.95. The fourth-order valence-corrected chi connectivity index (χ4v) is 4.26. The van der Waals surface area contributed by atoms with Crippen LogP contribution in [0.3, 0.4) is 0 Å². The van der Waals surface area contributed by atoms with Gasteiger partial charge < -0.3 is 25.6 Å². The summed E-state index contributed by atoms with van der Waals surface area (Å²) in [6.45, 7) is 11.0. The molecule has 8 heteroatoms. The number of ether oxygens (including phenoxy) is 1. The molecule has 2 aromatic carbocycles. The summed E-state index contributed by atoms with van der Waals surface area (Å²) in [7, 11) is 0. The van der Waals surface area contributed by atoms with E-state index < -0.39 is 6.04 Å². The molecule has 3 rings (SSSR count). The van der Waals surface area contributed by atoms with E-state index in [4.69, 9.17) is 17.0 Å². The van der Waals surface area contributed by atoms with E-state index in [0.29, 0.717) is 29.5 Å². The normalized spacial score (nSPS) is 15.7. The molecule has 1 atom stereocenters. The minimum absolute atomic E-state index is 0.235. The van der Waals surface area contributed by atoms with Gasteiger partial charge in [-0.3, -0.25) is 0 Å². The SMILES string of the molecule is CCc1ccc(NC(=O)Nc2ccc([C@H]3NC(=S)N(CC)C(C)=C3C(=O)OCC(C)C)cc2)cc1. The van der Waals surface area contributed by atoms with Crippen LogP contribution in [0.25, 0.3) is 0 Å². The van der Waals surface area contributed by atoms with Crippen molar-refractivity contribution in [3.8, 4) is 0 Å². The van der Waals surface area contributed by atoms with E-state index in [1.54, 1.807) is 12.1 Å². The number of carbonyl (C=O) groups is 2. The predicted molar refractivity (Wildman–Crippen MR) is 144 cm³/mol. The first-order chi connectivity index (χ1) is 16.7. The highest BCUT2D eigenvalue weighted by Crippen LogP contribution is 2.32. The predicted octanol–water partition coefficient (Wildman–Crippen LogP) is 5.62. The maximum absolute atomic E-state index is 13.0. The summed E-state index contributed by atoms with van der Waals surface area (Å²) in [4.78, 5) is 27.4. The van der Waals surface area contributed by atoms with Gasteiger partial charge in [-0.25, -0.2) is 9.59 Å². The summed E-state index contributed by atoms with van der Waals surface area (Å²) in [6.07, 6.45) is 0.946. The van der Waals surface area contributed by atoms with Crippen molar-refractivity contribution in [3.63, 3.8) is 0 Å². The van der Waals surface area contributed by atoms with Crippen molar-refractivity contribution in [2.24, 2.45) is 5.92 Å². The van der Waals surface area contributed by atoms with Crippen molar-refractivity contribution >= 4 is 40.7 Å². The van der Waals surface area contributed by atoms with E-state index >= 15 is 0 Å². The van der Waals surface area contributed by atoms with Crippen LogP contribution in [0.1, 0.15) is 51.8 Å². The van der Waals surface area contributed by atoms with Gasteiger partial charge in [0.05, 0.1) is 18.2 Å². The van der Waals surface area contributed by atoms with Crippen LogP contribution in [-0.2, 0) is 16.0 Å². The van der Waals surface area contributed by atoms with Gasteiger partial charge in [0.1, 0.15) is 0 Å². The molecule has 0 radical (unpaired) electrons. The lowest BCUT2D eigenvalue weighted by Crippen LogP contribution is -2.47. The van der Waals surface area contributed by atoms with Gasteiger partial charge >= 0.3 is 12.0 Å². The average molecular weight is 495 g/mol. The summed E-state index contributed by atoms with van der Waals surface area (Å²) >= 11 is 5.55. The molecule has 7 nitrogen and oxygen atoms in total. The summed E-state index contributed by atoms with van der Waals surface area (Å²) in [6, 6.07) is 14.3. The molecule has 0 bridgehead atoms. The number of urea groups is 1. The molecule has 186 valence electrons. The second-order valence-corrected chi connectivity index (χ2v) is 9.26. The molecule has 3 N–H and O–H groups in total. The number of carbonyl (C=O) groups excluding carboxylic acids is 2. The van der Waals surface area contributed by atoms with Crippen LogP contribution in [0, 0.1) is 5.92 Å². The second-order valence-electron chi connectivity index (χ2n) is 8.87. The van der Waals surface area contributed by atoms with Gasteiger partial charge in [-0.05, 0) is 73.8 Å². The van der Waals surface area contributed by atoms with Crippen molar-refractivity contribution in [3.05, 3.63) is 70.9 Å². The van der Waals surface area contributed by atoms with Crippen molar-refractivity contribution in [2.45, 2.75) is 47.1 Å². The number of nitrogens with one attached hydrogen (secondary N) is 3. The largest absolute Gasteiger partial charge is 0.462 e. The maximum atomic E-state index is 13.0. The summed E-state index contributed by atoms with van der Waals surface area (Å²) in [5.41, 5.74) is 4.73. The van der Waals surface area contributed by atoms with E-state index in [1.165, 1.54) is 5.56 Å². The summed E-state index contributed by atoms with van der Waals surface area (Å²) in [5.74, 6) is -0.121. The molecule has 1 heterocycles. The zero-order chi connectivity index (χ0) is 25.5. The highest BCUT2D eigenvalue weighted by atomic mass is 32.1. The number of hydrogen-bond acceptors (Lipinski definition) is 4. The molecular weight excluding hydrogens is 460 g/mol. The number of aryl methyl sites for hydroxylation is 1. The van der Waals surface area contributed by atoms with Crippen molar-refractivity contribution < 1.29 is 14.3 Å². The summed E-state index contributed by atoms with van der Waals surface area (Å²) < 4.78 is 5.57. The van der Waals surface area contributed by atoms with E-state index in [-0.39, 0.29) is 17.9 Å². The van der Waals surface area contributed by atoms with Gasteiger partial charge in [0.2, 0.25) is 0 Å². The molecule has 1 aliphatic heterocycles. The zero-order valence-electron chi connectivity index (χ0n) is 21.0. The third-order valence-electron chi connectivity index (χ3n) is 5.80. The Hall–Kier alpha value is -3.39. The number of allylic oxidation sites excluding steroid dienone is 1. The lowest BCUT2D eigenvalue weighted by molar-refractivity contribution is -0.140. The molecule has 0 unspecified atom stereocenters. The van der Waals surface area contributed by atoms with Gasteiger partial charge in [-0.15, -0.1) is 0 Å². The van der Waals surface area contributed by atoms with Crippen LogP contribution in [0.5, 0.6) is 0 Å². The second kappa shape index (κ2) is 11.8. The van der Waals surface area contributed by atoms with Gasteiger partial charge in [0.25, 0.3) is 0 Å². The van der Waals surface area contributed by atoms with Crippen LogP contribution >= 0.6 is 12.2 Å². The number of anilines is 2. The number of thiocarbonyl (C=S) groups is 1. The van der Waals surface area contributed by atoms with Crippen LogP contribution in [0.4, 0.5) is 16.2 Å². The fourth-order valence-electron chi connectivity index (χ4n) is 3.87. The highest BCUT2D eigenvalue weighted by Gasteiger charge is 2.34. The van der Waals surface area contributed by atoms with Crippen molar-refractivity contribution in [2.75, 3.05) is 23.8 Å². The molecule has 2 aromatic rings. The molecule has 0 aromatic heterocycles. The first kappa shape index (κ1) is 26.2. The number of benzene rings is 2. The first-order valence-corrected chi connectivity index (χ1v) is 12.4. The third-order valence-corrected chi connectivity index (χ3v) is 6.14. The Bertz CT molecular complexity index is 1090. The molecule has 0 fully saturated rings. The third kappa shape index (κ3) is 6.60.